The zero-order chi connectivity index (χ0) is 15.0. The molecule has 0 radical (unpaired) electrons. The third-order valence-corrected chi connectivity index (χ3v) is 3.02. The minimum Gasteiger partial charge on any atom is -0.369 e. The van der Waals surface area contributed by atoms with E-state index in [0.717, 1.165) is 16.7 Å². The van der Waals surface area contributed by atoms with Gasteiger partial charge in [-0.05, 0) is 42.7 Å². The van der Waals surface area contributed by atoms with Crippen LogP contribution in [0.15, 0.2) is 48.5 Å². The van der Waals surface area contributed by atoms with Crippen LogP contribution in [0, 0.1) is 12.7 Å². The van der Waals surface area contributed by atoms with Gasteiger partial charge in [-0.2, -0.15) is 0 Å². The number of rotatable bonds is 4. The number of hydrogen-bond donors (Lipinski definition) is 0. The summed E-state index contributed by atoms with van der Waals surface area (Å²) in [6, 6.07) is 14.8. The molecule has 0 amide bonds. The first-order valence-electron chi connectivity index (χ1n) is 7.08. The van der Waals surface area contributed by atoms with Gasteiger partial charge in [-0.25, -0.2) is 4.39 Å². The van der Waals surface area contributed by atoms with Crippen LogP contribution in [0.4, 0.5) is 4.39 Å². The fraction of sp³-hybridized carbons (Fsp3) is 0.333. The second-order valence-electron chi connectivity index (χ2n) is 4.44. The molecule has 108 valence electrons. The van der Waals surface area contributed by atoms with E-state index in [1.54, 1.807) is 12.1 Å². The average molecular weight is 274 g/mol. The highest BCUT2D eigenvalue weighted by Gasteiger charge is 2.10. The van der Waals surface area contributed by atoms with Gasteiger partial charge in [-0.15, -0.1) is 0 Å². The molecule has 0 bridgehead atoms. The number of halogens is 1. The molecule has 2 heteroatoms. The van der Waals surface area contributed by atoms with E-state index in [2.05, 4.69) is 0 Å². The summed E-state index contributed by atoms with van der Waals surface area (Å²) in [5.41, 5.74) is 3.08. The van der Waals surface area contributed by atoms with Gasteiger partial charge >= 0.3 is 0 Å². The molecule has 0 aliphatic rings. The lowest BCUT2D eigenvalue weighted by molar-refractivity contribution is 0.0519. The molecule has 0 saturated carbocycles. The molecule has 0 saturated heterocycles. The molecule has 20 heavy (non-hydrogen) atoms. The summed E-state index contributed by atoms with van der Waals surface area (Å²) in [7, 11) is 0. The quantitative estimate of drug-likeness (QED) is 0.721. The normalized spacial score (nSPS) is 11.4. The highest BCUT2D eigenvalue weighted by molar-refractivity contribution is 5.28. The SMILES string of the molecule is CC.Cc1ccc(F)cc1C(C)OCc1ccccc1. The monoisotopic (exact) mass is 274 g/mol. The van der Waals surface area contributed by atoms with E-state index in [1.165, 1.54) is 6.07 Å². The van der Waals surface area contributed by atoms with E-state index in [9.17, 15) is 4.39 Å². The van der Waals surface area contributed by atoms with Gasteiger partial charge in [0.1, 0.15) is 5.82 Å². The van der Waals surface area contributed by atoms with Crippen LogP contribution >= 0.6 is 0 Å². The van der Waals surface area contributed by atoms with Gasteiger partial charge < -0.3 is 4.74 Å². The Morgan fingerprint density at radius 2 is 1.70 bits per heavy atom. The van der Waals surface area contributed by atoms with Crippen molar-refractivity contribution in [3.63, 3.8) is 0 Å². The Hall–Kier alpha value is -1.67. The first-order valence-corrected chi connectivity index (χ1v) is 7.08. The van der Waals surface area contributed by atoms with Gasteiger partial charge in [0.05, 0.1) is 12.7 Å². The average Bonchev–Trinajstić information content (AvgIpc) is 2.50. The van der Waals surface area contributed by atoms with Gasteiger partial charge in [0, 0.05) is 0 Å². The second-order valence-corrected chi connectivity index (χ2v) is 4.44. The van der Waals surface area contributed by atoms with Gasteiger partial charge in [0.15, 0.2) is 0 Å². The highest BCUT2D eigenvalue weighted by atomic mass is 19.1. The van der Waals surface area contributed by atoms with E-state index >= 15 is 0 Å². The van der Waals surface area contributed by atoms with Crippen LogP contribution in [0.2, 0.25) is 0 Å². The molecule has 0 aliphatic heterocycles. The van der Waals surface area contributed by atoms with Crippen molar-refractivity contribution in [1.29, 1.82) is 0 Å². The summed E-state index contributed by atoms with van der Waals surface area (Å²) in [6.45, 7) is 8.46. The third-order valence-electron chi connectivity index (χ3n) is 3.02. The van der Waals surface area contributed by atoms with Crippen LogP contribution in [0.1, 0.15) is 43.6 Å². The van der Waals surface area contributed by atoms with Crippen LogP contribution in [-0.4, -0.2) is 0 Å². The summed E-state index contributed by atoms with van der Waals surface area (Å²) >= 11 is 0. The predicted octanol–water partition coefficient (Wildman–Crippen LogP) is 5.44. The van der Waals surface area contributed by atoms with E-state index < -0.39 is 0 Å². The van der Waals surface area contributed by atoms with Crippen molar-refractivity contribution in [2.75, 3.05) is 0 Å². The Kier molecular flexibility index (Phi) is 6.96. The van der Waals surface area contributed by atoms with E-state index in [1.807, 2.05) is 58.0 Å². The van der Waals surface area contributed by atoms with Gasteiger partial charge in [-0.3, -0.25) is 0 Å². The van der Waals surface area contributed by atoms with Gasteiger partial charge in [0.2, 0.25) is 0 Å². The highest BCUT2D eigenvalue weighted by Crippen LogP contribution is 2.22. The fourth-order valence-electron chi connectivity index (χ4n) is 1.93. The molecule has 0 heterocycles. The molecule has 0 spiro atoms. The summed E-state index contributed by atoms with van der Waals surface area (Å²) in [5, 5.41) is 0. The van der Waals surface area contributed by atoms with Crippen molar-refractivity contribution in [1.82, 2.24) is 0 Å². The Balaban J connectivity index is 0.000000956. The Bertz CT molecular complexity index is 508. The lowest BCUT2D eigenvalue weighted by atomic mass is 10.0. The first kappa shape index (κ1) is 16.4. The van der Waals surface area contributed by atoms with Crippen LogP contribution < -0.4 is 0 Å². The number of aryl methyl sites for hydroxylation is 1. The van der Waals surface area contributed by atoms with Crippen molar-refractivity contribution in [2.24, 2.45) is 0 Å². The van der Waals surface area contributed by atoms with Crippen molar-refractivity contribution in [3.05, 3.63) is 71.0 Å². The third kappa shape index (κ3) is 4.78. The topological polar surface area (TPSA) is 9.23 Å². The van der Waals surface area contributed by atoms with E-state index in [0.29, 0.717) is 6.61 Å². The molecular weight excluding hydrogens is 251 g/mol. The van der Waals surface area contributed by atoms with Crippen LogP contribution in [0.5, 0.6) is 0 Å². The zero-order valence-electron chi connectivity index (χ0n) is 12.7. The summed E-state index contributed by atoms with van der Waals surface area (Å²) in [5.74, 6) is -0.217. The standard InChI is InChI=1S/C16H17FO.C2H6/c1-12-8-9-15(17)10-16(12)13(2)18-11-14-6-4-3-5-7-14;1-2/h3-10,13H,11H2,1-2H3;1-2H3. The Labute approximate surface area is 121 Å². The summed E-state index contributed by atoms with van der Waals surface area (Å²) in [4.78, 5) is 0. The molecule has 0 aromatic heterocycles. The smallest absolute Gasteiger partial charge is 0.123 e. The summed E-state index contributed by atoms with van der Waals surface area (Å²) < 4.78 is 19.0. The van der Waals surface area contributed by atoms with E-state index in [4.69, 9.17) is 4.74 Å². The lowest BCUT2D eigenvalue weighted by Gasteiger charge is -2.16. The molecule has 2 aromatic rings. The maximum atomic E-state index is 13.2. The lowest BCUT2D eigenvalue weighted by Crippen LogP contribution is -2.03. The maximum absolute atomic E-state index is 13.2. The largest absolute Gasteiger partial charge is 0.369 e. The van der Waals surface area contributed by atoms with E-state index in [-0.39, 0.29) is 11.9 Å². The van der Waals surface area contributed by atoms with Crippen LogP contribution in [-0.2, 0) is 11.3 Å². The minimum atomic E-state index is -0.217. The molecule has 1 nitrogen and oxygen atoms in total. The Morgan fingerprint density at radius 3 is 2.35 bits per heavy atom. The molecule has 0 aliphatic carbocycles. The van der Waals surface area contributed by atoms with Gasteiger partial charge in [-0.1, -0.05) is 50.2 Å². The zero-order valence-corrected chi connectivity index (χ0v) is 12.7. The molecule has 2 rings (SSSR count). The maximum Gasteiger partial charge on any atom is 0.123 e. The molecule has 0 fully saturated rings. The number of benzene rings is 2. The summed E-state index contributed by atoms with van der Waals surface area (Å²) in [6.07, 6.45) is -0.110. The number of hydrogen-bond acceptors (Lipinski definition) is 1. The molecule has 0 N–H and O–H groups in total. The van der Waals surface area contributed by atoms with Crippen molar-refractivity contribution < 1.29 is 9.13 Å². The van der Waals surface area contributed by atoms with Crippen molar-refractivity contribution >= 4 is 0 Å². The van der Waals surface area contributed by atoms with Crippen molar-refractivity contribution in [3.8, 4) is 0 Å². The van der Waals surface area contributed by atoms with Crippen LogP contribution in [0.3, 0.4) is 0 Å². The van der Waals surface area contributed by atoms with Crippen molar-refractivity contribution in [2.45, 2.75) is 40.4 Å². The molecule has 1 atom stereocenters. The van der Waals surface area contributed by atoms with Crippen LogP contribution in [0.25, 0.3) is 0 Å². The predicted molar refractivity (Wildman–Crippen MR) is 82.1 cm³/mol. The molecule has 1 unspecified atom stereocenters. The number of ether oxygens (including phenoxy) is 1. The Morgan fingerprint density at radius 1 is 1.05 bits per heavy atom. The first-order chi connectivity index (χ1) is 9.66. The van der Waals surface area contributed by atoms with Gasteiger partial charge in [0.25, 0.3) is 0 Å². The fourth-order valence-corrected chi connectivity index (χ4v) is 1.93. The molecular formula is C18H23FO. The second kappa shape index (κ2) is 8.49. The molecule has 2 aromatic carbocycles. The minimum absolute atomic E-state index is 0.110.